The van der Waals surface area contributed by atoms with Crippen LogP contribution in [0.15, 0.2) is 99.9 Å². The van der Waals surface area contributed by atoms with E-state index in [1.54, 1.807) is 36.4 Å². The molecule has 0 unspecified atom stereocenters. The topological polar surface area (TPSA) is 84.8 Å². The fraction of sp³-hybridized carbons (Fsp3) is 0.0938. The van der Waals surface area contributed by atoms with Crippen LogP contribution in [0.25, 0.3) is 11.3 Å². The largest absolute Gasteiger partial charge is 0.493 e. The molecule has 0 aliphatic heterocycles. The number of hydrazone groups is 1. The summed E-state index contributed by atoms with van der Waals surface area (Å²) in [6, 6.07) is 25.0. The molecule has 0 bridgehead atoms. The second-order valence-electron chi connectivity index (χ2n) is 9.25. The Bertz CT molecular complexity index is 1720. The normalized spacial score (nSPS) is 11.0. The number of hydrogen-bond donors (Lipinski definition) is 2. The van der Waals surface area contributed by atoms with E-state index >= 15 is 0 Å². The van der Waals surface area contributed by atoms with Gasteiger partial charge in [0.05, 0.1) is 19.0 Å². The highest BCUT2D eigenvalue weighted by Crippen LogP contribution is 2.33. The zero-order valence-electron chi connectivity index (χ0n) is 22.7. The molecule has 4 aromatic carbocycles. The number of thiazole rings is 1. The van der Waals surface area contributed by atoms with Crippen molar-refractivity contribution in [3.63, 3.8) is 0 Å². The Morgan fingerprint density at radius 2 is 1.83 bits per heavy atom. The molecule has 5 rings (SSSR count). The van der Waals surface area contributed by atoms with Crippen LogP contribution in [-0.2, 0) is 6.61 Å². The van der Waals surface area contributed by atoms with E-state index in [0.717, 1.165) is 22.1 Å². The van der Waals surface area contributed by atoms with Crippen molar-refractivity contribution in [3.05, 3.63) is 123 Å². The molecule has 0 fully saturated rings. The number of nitrogens with one attached hydrogen (secondary N) is 2. The van der Waals surface area contributed by atoms with Crippen LogP contribution in [0.2, 0.25) is 0 Å². The molecule has 5 aromatic rings. The molecule has 0 aliphatic rings. The lowest BCUT2D eigenvalue weighted by atomic mass is 10.1. The Hall–Kier alpha value is -4.54. The molecule has 0 aliphatic carbocycles. The number of aromatic nitrogens is 1. The third-order valence-corrected chi connectivity index (χ3v) is 7.63. The first kappa shape index (κ1) is 29.0. The van der Waals surface area contributed by atoms with Crippen molar-refractivity contribution in [1.82, 2.24) is 10.4 Å². The maximum absolute atomic E-state index is 13.5. The highest BCUT2D eigenvalue weighted by Gasteiger charge is 2.11. The van der Waals surface area contributed by atoms with Gasteiger partial charge in [-0.05, 0) is 76.9 Å². The Balaban J connectivity index is 1.19. The van der Waals surface area contributed by atoms with Gasteiger partial charge in [-0.25, -0.2) is 14.8 Å². The minimum atomic E-state index is -0.351. The predicted molar refractivity (Wildman–Crippen MR) is 168 cm³/mol. The molecule has 42 heavy (non-hydrogen) atoms. The van der Waals surface area contributed by atoms with Crippen LogP contribution in [-0.4, -0.2) is 24.2 Å². The lowest BCUT2D eigenvalue weighted by Crippen LogP contribution is -2.17. The molecule has 7 nitrogen and oxygen atoms in total. The van der Waals surface area contributed by atoms with E-state index in [2.05, 4.69) is 36.8 Å². The van der Waals surface area contributed by atoms with Crippen molar-refractivity contribution in [2.75, 3.05) is 12.4 Å². The number of hydrogen-bond acceptors (Lipinski definition) is 7. The van der Waals surface area contributed by atoms with Crippen LogP contribution in [0.5, 0.6) is 11.5 Å². The van der Waals surface area contributed by atoms with E-state index in [-0.39, 0.29) is 18.3 Å². The fourth-order valence-electron chi connectivity index (χ4n) is 3.95. The van der Waals surface area contributed by atoms with Gasteiger partial charge in [0.25, 0.3) is 5.91 Å². The molecule has 1 heterocycles. The number of ether oxygens (including phenoxy) is 2. The van der Waals surface area contributed by atoms with E-state index in [4.69, 9.17) is 9.47 Å². The SMILES string of the molecule is COc1cc(/C=N\NC(=O)c2ccc(-c3csc(Nc4ccc(C)cc4)n3)cc2)c(Br)cc1OCc1cccc(F)c1. The number of halogens is 2. The second-order valence-corrected chi connectivity index (χ2v) is 11.0. The molecule has 2 N–H and O–H groups in total. The summed E-state index contributed by atoms with van der Waals surface area (Å²) in [7, 11) is 1.53. The number of benzene rings is 4. The molecule has 1 aromatic heterocycles. The van der Waals surface area contributed by atoms with E-state index in [1.807, 2.05) is 48.7 Å². The van der Waals surface area contributed by atoms with Crippen molar-refractivity contribution in [2.24, 2.45) is 5.10 Å². The van der Waals surface area contributed by atoms with Gasteiger partial charge >= 0.3 is 0 Å². The Morgan fingerprint density at radius 3 is 2.57 bits per heavy atom. The average molecular weight is 646 g/mol. The van der Waals surface area contributed by atoms with E-state index < -0.39 is 0 Å². The molecule has 212 valence electrons. The van der Waals surface area contributed by atoms with Gasteiger partial charge in [-0.1, -0.05) is 42.0 Å². The fourth-order valence-corrected chi connectivity index (χ4v) is 5.12. The molecule has 10 heteroatoms. The number of methoxy groups -OCH3 is 1. The zero-order chi connectivity index (χ0) is 29.5. The number of nitrogens with zero attached hydrogens (tertiary/aromatic N) is 2. The number of rotatable bonds is 10. The number of anilines is 2. The van der Waals surface area contributed by atoms with Crippen LogP contribution in [0.1, 0.15) is 27.0 Å². The summed E-state index contributed by atoms with van der Waals surface area (Å²) in [4.78, 5) is 17.3. The van der Waals surface area contributed by atoms with E-state index in [9.17, 15) is 9.18 Å². The lowest BCUT2D eigenvalue weighted by molar-refractivity contribution is 0.0955. The summed E-state index contributed by atoms with van der Waals surface area (Å²) in [5.74, 6) is 0.273. The number of carbonyl (C=O) groups is 1. The third-order valence-electron chi connectivity index (χ3n) is 6.19. The van der Waals surface area contributed by atoms with Gasteiger partial charge in [0, 0.05) is 32.2 Å². The molecule has 0 atom stereocenters. The van der Waals surface area contributed by atoms with Crippen LogP contribution in [0, 0.1) is 12.7 Å². The van der Waals surface area contributed by atoms with Crippen LogP contribution >= 0.6 is 27.3 Å². The molecule has 0 spiro atoms. The maximum atomic E-state index is 13.5. The summed E-state index contributed by atoms with van der Waals surface area (Å²) in [6.07, 6.45) is 1.51. The Morgan fingerprint density at radius 1 is 1.05 bits per heavy atom. The first-order valence-corrected chi connectivity index (χ1v) is 14.5. The molecular weight excluding hydrogens is 619 g/mol. The smallest absolute Gasteiger partial charge is 0.271 e. The van der Waals surface area contributed by atoms with Crippen molar-refractivity contribution in [1.29, 1.82) is 0 Å². The summed E-state index contributed by atoms with van der Waals surface area (Å²) in [5, 5.41) is 10.2. The molecule has 0 saturated heterocycles. The molecule has 0 radical (unpaired) electrons. The summed E-state index contributed by atoms with van der Waals surface area (Å²) < 4.78 is 25.4. The summed E-state index contributed by atoms with van der Waals surface area (Å²) in [5.41, 5.74) is 8.27. The van der Waals surface area contributed by atoms with Gasteiger partial charge in [0.2, 0.25) is 0 Å². The van der Waals surface area contributed by atoms with Crippen molar-refractivity contribution >= 4 is 50.2 Å². The Labute approximate surface area is 255 Å². The van der Waals surface area contributed by atoms with Gasteiger partial charge < -0.3 is 14.8 Å². The monoisotopic (exact) mass is 644 g/mol. The van der Waals surface area contributed by atoms with Crippen molar-refractivity contribution < 1.29 is 18.7 Å². The summed E-state index contributed by atoms with van der Waals surface area (Å²) in [6.45, 7) is 2.23. The van der Waals surface area contributed by atoms with Gasteiger partial charge in [-0.15, -0.1) is 11.3 Å². The van der Waals surface area contributed by atoms with E-state index in [1.165, 1.54) is 42.4 Å². The summed E-state index contributed by atoms with van der Waals surface area (Å²) >= 11 is 5.02. The number of aryl methyl sites for hydroxylation is 1. The van der Waals surface area contributed by atoms with Gasteiger partial charge in [0.1, 0.15) is 12.4 Å². The van der Waals surface area contributed by atoms with Crippen LogP contribution in [0.4, 0.5) is 15.2 Å². The van der Waals surface area contributed by atoms with Crippen molar-refractivity contribution in [2.45, 2.75) is 13.5 Å². The zero-order valence-corrected chi connectivity index (χ0v) is 25.1. The Kier molecular flexibility index (Phi) is 9.25. The van der Waals surface area contributed by atoms with Crippen molar-refractivity contribution in [3.8, 4) is 22.8 Å². The van der Waals surface area contributed by atoms with Gasteiger partial charge in [-0.3, -0.25) is 4.79 Å². The van der Waals surface area contributed by atoms with E-state index in [0.29, 0.717) is 32.7 Å². The lowest BCUT2D eigenvalue weighted by Gasteiger charge is -2.13. The minimum Gasteiger partial charge on any atom is -0.493 e. The highest BCUT2D eigenvalue weighted by molar-refractivity contribution is 9.10. The highest BCUT2D eigenvalue weighted by atomic mass is 79.9. The first-order chi connectivity index (χ1) is 20.4. The molecule has 0 saturated carbocycles. The minimum absolute atomic E-state index is 0.177. The van der Waals surface area contributed by atoms with Gasteiger partial charge in [-0.2, -0.15) is 5.10 Å². The molecule has 1 amide bonds. The van der Waals surface area contributed by atoms with Crippen LogP contribution in [0.3, 0.4) is 0 Å². The quantitative estimate of drug-likeness (QED) is 0.118. The third kappa shape index (κ3) is 7.39. The maximum Gasteiger partial charge on any atom is 0.271 e. The number of amides is 1. The standard InChI is InChI=1S/C32H26BrFN4O3S/c1-20-6-12-26(13-7-20)36-32-37-28(19-42-32)22-8-10-23(11-9-22)31(39)38-35-17-24-15-29(40-2)30(16-27(24)33)41-18-21-4-3-5-25(34)14-21/h3-17,19H,18H2,1-2H3,(H,36,37)(H,38,39)/b35-17-. The van der Waals surface area contributed by atoms with Crippen LogP contribution < -0.4 is 20.2 Å². The first-order valence-electron chi connectivity index (χ1n) is 12.9. The predicted octanol–water partition coefficient (Wildman–Crippen LogP) is 8.12. The molecular formula is C32H26BrFN4O3S. The second kappa shape index (κ2) is 13.4. The number of carbonyl (C=O) groups excluding carboxylic acids is 1. The van der Waals surface area contributed by atoms with Gasteiger partial charge in [0.15, 0.2) is 16.6 Å². The average Bonchev–Trinajstić information content (AvgIpc) is 3.46.